The Morgan fingerprint density at radius 3 is 2.72 bits per heavy atom. The van der Waals surface area contributed by atoms with Crippen LogP contribution >= 0.6 is 0 Å². The van der Waals surface area contributed by atoms with Gasteiger partial charge in [0.1, 0.15) is 6.33 Å². The Balaban J connectivity index is 2.22. The van der Waals surface area contributed by atoms with Gasteiger partial charge < -0.3 is 4.74 Å². The molecule has 18 heavy (non-hydrogen) atoms. The maximum Gasteiger partial charge on any atom is 0.170 e. The van der Waals surface area contributed by atoms with Gasteiger partial charge in [0.05, 0.1) is 12.7 Å². The minimum Gasteiger partial charge on any atom is -0.494 e. The van der Waals surface area contributed by atoms with E-state index in [4.69, 9.17) is 4.74 Å². The average molecular weight is 246 g/mol. The number of Topliss-reactive ketones (excluding diaryl/α,β-unsaturated/α-hetero) is 1. The third-order valence-corrected chi connectivity index (χ3v) is 2.50. The fraction of sp³-hybridized carbons (Fsp3) is 0.154. The lowest BCUT2D eigenvalue weighted by Gasteiger charge is -2.06. The summed E-state index contributed by atoms with van der Waals surface area (Å²) in [5.74, 6) is -0.613. The molecule has 2 aromatic rings. The van der Waals surface area contributed by atoms with Gasteiger partial charge in [0.2, 0.25) is 0 Å². The van der Waals surface area contributed by atoms with E-state index < -0.39 is 5.82 Å². The van der Waals surface area contributed by atoms with Crippen molar-refractivity contribution in [1.29, 1.82) is 0 Å². The number of hydrogen-bond acceptors (Lipinski definition) is 4. The molecule has 0 unspecified atom stereocenters. The highest BCUT2D eigenvalue weighted by molar-refractivity contribution is 5.97. The van der Waals surface area contributed by atoms with Gasteiger partial charge in [-0.1, -0.05) is 12.1 Å². The molecule has 1 heterocycles. The molecule has 0 radical (unpaired) electrons. The predicted molar refractivity (Wildman–Crippen MR) is 63.0 cm³/mol. The molecule has 92 valence electrons. The van der Waals surface area contributed by atoms with E-state index in [9.17, 15) is 9.18 Å². The number of benzene rings is 1. The number of aromatic nitrogens is 2. The first-order valence-corrected chi connectivity index (χ1v) is 5.32. The lowest BCUT2D eigenvalue weighted by Crippen LogP contribution is -2.06. The predicted octanol–water partition coefficient (Wildman–Crippen LogP) is 2.05. The summed E-state index contributed by atoms with van der Waals surface area (Å²) in [4.78, 5) is 19.4. The van der Waals surface area contributed by atoms with E-state index in [0.29, 0.717) is 11.1 Å². The molecule has 5 heteroatoms. The summed E-state index contributed by atoms with van der Waals surface area (Å²) in [5, 5.41) is 0. The number of ether oxygens (including phenoxy) is 1. The number of halogens is 1. The van der Waals surface area contributed by atoms with Gasteiger partial charge in [0.15, 0.2) is 17.3 Å². The Morgan fingerprint density at radius 1 is 1.33 bits per heavy atom. The van der Waals surface area contributed by atoms with Gasteiger partial charge in [-0.25, -0.2) is 14.4 Å². The van der Waals surface area contributed by atoms with E-state index >= 15 is 0 Å². The van der Waals surface area contributed by atoms with Crippen LogP contribution in [0.5, 0.6) is 5.75 Å². The monoisotopic (exact) mass is 246 g/mol. The number of nitrogens with zero attached hydrogens (tertiary/aromatic N) is 2. The molecule has 1 aromatic carbocycles. The van der Waals surface area contributed by atoms with Gasteiger partial charge >= 0.3 is 0 Å². The number of ketones is 1. The van der Waals surface area contributed by atoms with E-state index in [1.54, 1.807) is 12.1 Å². The Hall–Kier alpha value is -2.30. The van der Waals surface area contributed by atoms with Gasteiger partial charge in [-0.05, 0) is 11.6 Å². The van der Waals surface area contributed by atoms with Crippen molar-refractivity contribution in [2.45, 2.75) is 6.42 Å². The third kappa shape index (κ3) is 2.51. The number of carbonyl (C=O) groups excluding carboxylic acids is 1. The maximum absolute atomic E-state index is 13.8. The summed E-state index contributed by atoms with van der Waals surface area (Å²) >= 11 is 0. The second-order valence-corrected chi connectivity index (χ2v) is 3.66. The highest BCUT2D eigenvalue weighted by Gasteiger charge is 2.13. The van der Waals surface area contributed by atoms with Gasteiger partial charge in [0.25, 0.3) is 0 Å². The zero-order valence-electron chi connectivity index (χ0n) is 9.76. The molecule has 0 aliphatic rings. The summed E-state index contributed by atoms with van der Waals surface area (Å²) in [6.45, 7) is 0. The summed E-state index contributed by atoms with van der Waals surface area (Å²) in [5.41, 5.74) is 0.655. The van der Waals surface area contributed by atoms with E-state index in [1.807, 2.05) is 0 Å². The van der Waals surface area contributed by atoms with Crippen LogP contribution in [-0.4, -0.2) is 22.9 Å². The molecule has 0 saturated heterocycles. The Labute approximate surface area is 103 Å². The van der Waals surface area contributed by atoms with E-state index in [1.165, 1.54) is 31.9 Å². The minimum atomic E-state index is -0.509. The molecule has 1 aromatic heterocycles. The van der Waals surface area contributed by atoms with Crippen molar-refractivity contribution in [2.24, 2.45) is 0 Å². The largest absolute Gasteiger partial charge is 0.494 e. The molecule has 0 aliphatic carbocycles. The van der Waals surface area contributed by atoms with Crippen LogP contribution in [0.4, 0.5) is 4.39 Å². The molecule has 4 nitrogen and oxygen atoms in total. The minimum absolute atomic E-state index is 0.0452. The van der Waals surface area contributed by atoms with Crippen molar-refractivity contribution in [2.75, 3.05) is 7.11 Å². The summed E-state index contributed by atoms with van der Waals surface area (Å²) < 4.78 is 18.7. The van der Waals surface area contributed by atoms with Crippen LogP contribution in [0.2, 0.25) is 0 Å². The van der Waals surface area contributed by atoms with E-state index in [2.05, 4.69) is 9.97 Å². The molecular weight excluding hydrogens is 235 g/mol. The van der Waals surface area contributed by atoms with E-state index in [0.717, 1.165) is 0 Å². The first kappa shape index (κ1) is 12.2. The highest BCUT2D eigenvalue weighted by atomic mass is 19.1. The van der Waals surface area contributed by atoms with Crippen LogP contribution in [0.1, 0.15) is 15.9 Å². The van der Waals surface area contributed by atoms with Crippen LogP contribution < -0.4 is 4.74 Å². The van der Waals surface area contributed by atoms with Gasteiger partial charge in [-0.15, -0.1) is 0 Å². The molecule has 0 atom stereocenters. The zero-order valence-corrected chi connectivity index (χ0v) is 9.76. The Kier molecular flexibility index (Phi) is 3.62. The standard InChI is InChI=1S/C13H11FN2O2/c1-18-12-4-2-3-9(13(12)14)5-11(17)10-6-15-8-16-7-10/h2-4,6-8H,5H2,1H3. The molecule has 0 N–H and O–H groups in total. The second kappa shape index (κ2) is 5.35. The van der Waals surface area contributed by atoms with Crippen molar-refractivity contribution >= 4 is 5.78 Å². The van der Waals surface area contributed by atoms with Gasteiger partial charge in [-0.3, -0.25) is 4.79 Å². The number of rotatable bonds is 4. The van der Waals surface area contributed by atoms with Crippen LogP contribution in [-0.2, 0) is 6.42 Å². The summed E-state index contributed by atoms with van der Waals surface area (Å²) in [7, 11) is 1.38. The molecule has 0 aliphatic heterocycles. The fourth-order valence-electron chi connectivity index (χ4n) is 1.57. The smallest absolute Gasteiger partial charge is 0.170 e. The molecular formula is C13H11FN2O2. The topological polar surface area (TPSA) is 52.1 Å². The molecule has 0 saturated carbocycles. The lowest BCUT2D eigenvalue weighted by molar-refractivity contribution is 0.0991. The molecule has 2 rings (SSSR count). The SMILES string of the molecule is COc1cccc(CC(=O)c2cncnc2)c1F. The summed E-state index contributed by atoms with van der Waals surface area (Å²) in [6.07, 6.45) is 4.11. The van der Waals surface area contributed by atoms with Gasteiger partial charge in [0, 0.05) is 18.8 Å². The van der Waals surface area contributed by atoms with Crippen molar-refractivity contribution in [1.82, 2.24) is 9.97 Å². The molecule has 0 fully saturated rings. The normalized spacial score (nSPS) is 10.1. The Morgan fingerprint density at radius 2 is 2.06 bits per heavy atom. The van der Waals surface area contributed by atoms with Crippen LogP contribution in [0.3, 0.4) is 0 Å². The average Bonchev–Trinajstić information content (AvgIpc) is 2.42. The highest BCUT2D eigenvalue weighted by Crippen LogP contribution is 2.21. The van der Waals surface area contributed by atoms with Crippen molar-refractivity contribution in [3.05, 3.63) is 53.9 Å². The third-order valence-electron chi connectivity index (χ3n) is 2.50. The quantitative estimate of drug-likeness (QED) is 0.775. The van der Waals surface area contributed by atoms with E-state index in [-0.39, 0.29) is 18.0 Å². The first-order chi connectivity index (χ1) is 8.72. The van der Waals surface area contributed by atoms with Crippen molar-refractivity contribution in [3.63, 3.8) is 0 Å². The summed E-state index contributed by atoms with van der Waals surface area (Å²) in [6, 6.07) is 4.71. The zero-order chi connectivity index (χ0) is 13.0. The van der Waals surface area contributed by atoms with Crippen LogP contribution in [0.25, 0.3) is 0 Å². The van der Waals surface area contributed by atoms with Crippen molar-refractivity contribution in [3.8, 4) is 5.75 Å². The van der Waals surface area contributed by atoms with Gasteiger partial charge in [-0.2, -0.15) is 0 Å². The van der Waals surface area contributed by atoms with Crippen LogP contribution in [0.15, 0.2) is 36.9 Å². The lowest BCUT2D eigenvalue weighted by atomic mass is 10.0. The Bertz CT molecular complexity index is 558. The number of methoxy groups -OCH3 is 1. The molecule has 0 spiro atoms. The first-order valence-electron chi connectivity index (χ1n) is 5.32. The fourth-order valence-corrected chi connectivity index (χ4v) is 1.57. The maximum atomic E-state index is 13.8. The van der Waals surface area contributed by atoms with Crippen LogP contribution in [0, 0.1) is 5.82 Å². The molecule has 0 bridgehead atoms. The molecule has 0 amide bonds. The second-order valence-electron chi connectivity index (χ2n) is 3.66. The van der Waals surface area contributed by atoms with Crippen molar-refractivity contribution < 1.29 is 13.9 Å². The number of carbonyl (C=O) groups is 1. The number of hydrogen-bond donors (Lipinski definition) is 0.